The Morgan fingerprint density at radius 3 is 2.66 bits per heavy atom. The number of fused-ring (bicyclic) bond motifs is 1. The molecule has 0 unspecified atom stereocenters. The van der Waals surface area contributed by atoms with Gasteiger partial charge in [0, 0.05) is 37.9 Å². The molecule has 0 radical (unpaired) electrons. The van der Waals surface area contributed by atoms with Crippen LogP contribution < -0.4 is 5.32 Å². The highest BCUT2D eigenvalue weighted by Crippen LogP contribution is 2.39. The molecular formula is C25H33N3O4. The quantitative estimate of drug-likeness (QED) is 0.699. The fourth-order valence-electron chi connectivity index (χ4n) is 5.33. The highest BCUT2D eigenvalue weighted by Gasteiger charge is 2.41. The molecule has 2 aromatic rings. The van der Waals surface area contributed by atoms with Crippen molar-refractivity contribution in [1.82, 2.24) is 15.4 Å². The van der Waals surface area contributed by atoms with E-state index >= 15 is 0 Å². The van der Waals surface area contributed by atoms with Gasteiger partial charge in [0.1, 0.15) is 5.76 Å². The molecule has 0 aliphatic heterocycles. The van der Waals surface area contributed by atoms with Gasteiger partial charge in [-0.25, -0.2) is 0 Å². The summed E-state index contributed by atoms with van der Waals surface area (Å²) in [5, 5.41) is 18.1. The number of hydrogen-bond acceptors (Lipinski definition) is 5. The first-order chi connectivity index (χ1) is 15.4. The number of likely N-dealkylation sites (N-methyl/N-ethyl adjacent to an activating group) is 1. The van der Waals surface area contributed by atoms with Crippen LogP contribution in [0.3, 0.4) is 0 Å². The summed E-state index contributed by atoms with van der Waals surface area (Å²) in [5.74, 6) is 0.576. The predicted octanol–water partition coefficient (Wildman–Crippen LogP) is 3.00. The molecule has 0 bridgehead atoms. The zero-order valence-electron chi connectivity index (χ0n) is 19.0. The minimum atomic E-state index is -0.644. The minimum absolute atomic E-state index is 0.0650. The average Bonchev–Trinajstić information content (AvgIpc) is 3.16. The SMILES string of the molecule is CC(=O)NC[C@]1(c2ccccc2)CC[C@H](O)[C@@H](N(C)C(=O)c2noc3c2CCCC3)CC1. The normalized spacial score (nSPS) is 25.5. The number of benzene rings is 1. The maximum atomic E-state index is 13.3. The fraction of sp³-hybridized carbons (Fsp3) is 0.560. The van der Waals surface area contributed by atoms with Crippen molar-refractivity contribution >= 4 is 11.8 Å². The summed E-state index contributed by atoms with van der Waals surface area (Å²) >= 11 is 0. The van der Waals surface area contributed by atoms with Gasteiger partial charge in [0.05, 0.1) is 12.1 Å². The number of aliphatic hydroxyl groups is 1. The molecule has 2 N–H and O–H groups in total. The van der Waals surface area contributed by atoms with Crippen LogP contribution >= 0.6 is 0 Å². The smallest absolute Gasteiger partial charge is 0.276 e. The van der Waals surface area contributed by atoms with Crippen LogP contribution in [0.2, 0.25) is 0 Å². The number of hydrogen-bond donors (Lipinski definition) is 2. The molecule has 3 atom stereocenters. The van der Waals surface area contributed by atoms with Crippen molar-refractivity contribution in [3.8, 4) is 0 Å². The van der Waals surface area contributed by atoms with Crippen molar-refractivity contribution < 1.29 is 19.2 Å². The lowest BCUT2D eigenvalue weighted by atomic mass is 9.74. The molecule has 1 heterocycles. The predicted molar refractivity (Wildman–Crippen MR) is 120 cm³/mol. The molecular weight excluding hydrogens is 406 g/mol. The third kappa shape index (κ3) is 4.44. The van der Waals surface area contributed by atoms with E-state index in [-0.39, 0.29) is 23.3 Å². The van der Waals surface area contributed by atoms with Gasteiger partial charge in [0.25, 0.3) is 5.91 Å². The van der Waals surface area contributed by atoms with Crippen LogP contribution in [0.4, 0.5) is 0 Å². The van der Waals surface area contributed by atoms with E-state index in [4.69, 9.17) is 4.52 Å². The molecule has 2 aliphatic carbocycles. The summed E-state index contributed by atoms with van der Waals surface area (Å²) in [5.41, 5.74) is 2.20. The second kappa shape index (κ2) is 9.45. The molecule has 172 valence electrons. The van der Waals surface area contributed by atoms with Gasteiger partial charge in [0.2, 0.25) is 5.91 Å². The standard InChI is InChI=1S/C25H33N3O4/c1-17(29)26-16-25(18-8-4-3-5-9-18)14-12-20(21(30)13-15-25)28(2)24(31)23-19-10-6-7-11-22(19)32-27-23/h3-5,8-9,20-21,30H,6-7,10-16H2,1-2H3,(H,26,29)/t20-,21-,25+/m0/s1. The largest absolute Gasteiger partial charge is 0.391 e. The molecule has 32 heavy (non-hydrogen) atoms. The van der Waals surface area contributed by atoms with Crippen molar-refractivity contribution in [2.24, 2.45) is 0 Å². The van der Waals surface area contributed by atoms with Crippen molar-refractivity contribution in [2.75, 3.05) is 13.6 Å². The van der Waals surface area contributed by atoms with Gasteiger partial charge in [-0.05, 0) is 50.5 Å². The first kappa shape index (κ1) is 22.5. The summed E-state index contributed by atoms with van der Waals surface area (Å²) in [4.78, 5) is 26.7. The van der Waals surface area contributed by atoms with Gasteiger partial charge in [-0.3, -0.25) is 9.59 Å². The number of aryl methyl sites for hydroxylation is 1. The van der Waals surface area contributed by atoms with Crippen molar-refractivity contribution in [3.05, 3.63) is 52.9 Å². The Morgan fingerprint density at radius 2 is 1.91 bits per heavy atom. The number of nitrogens with zero attached hydrogens (tertiary/aromatic N) is 2. The second-order valence-electron chi connectivity index (χ2n) is 9.32. The number of amides is 2. The first-order valence-electron chi connectivity index (χ1n) is 11.6. The molecule has 1 aromatic carbocycles. The Labute approximate surface area is 189 Å². The van der Waals surface area contributed by atoms with E-state index in [0.717, 1.165) is 55.4 Å². The summed E-state index contributed by atoms with van der Waals surface area (Å²) in [6.07, 6.45) is 5.77. The van der Waals surface area contributed by atoms with Crippen molar-refractivity contribution in [2.45, 2.75) is 75.9 Å². The molecule has 0 spiro atoms. The van der Waals surface area contributed by atoms with Gasteiger partial charge >= 0.3 is 0 Å². The second-order valence-corrected chi connectivity index (χ2v) is 9.32. The summed E-state index contributed by atoms with van der Waals surface area (Å²) in [6, 6.07) is 9.85. The number of rotatable bonds is 5. The maximum Gasteiger partial charge on any atom is 0.276 e. The lowest BCUT2D eigenvalue weighted by molar-refractivity contribution is -0.119. The van der Waals surface area contributed by atoms with E-state index in [2.05, 4.69) is 22.6 Å². The van der Waals surface area contributed by atoms with Crippen molar-refractivity contribution in [3.63, 3.8) is 0 Å². The Morgan fingerprint density at radius 1 is 1.19 bits per heavy atom. The van der Waals surface area contributed by atoms with Gasteiger partial charge in [-0.1, -0.05) is 35.5 Å². The topological polar surface area (TPSA) is 95.7 Å². The van der Waals surface area contributed by atoms with Crippen LogP contribution in [0, 0.1) is 0 Å². The van der Waals surface area contributed by atoms with E-state index in [1.807, 2.05) is 18.2 Å². The van der Waals surface area contributed by atoms with Crippen molar-refractivity contribution in [1.29, 1.82) is 0 Å². The highest BCUT2D eigenvalue weighted by molar-refractivity contribution is 5.94. The van der Waals surface area contributed by atoms with Crippen LogP contribution in [0.15, 0.2) is 34.9 Å². The van der Waals surface area contributed by atoms with E-state index < -0.39 is 6.10 Å². The van der Waals surface area contributed by atoms with Crippen LogP contribution in [-0.4, -0.2) is 52.7 Å². The fourth-order valence-corrected chi connectivity index (χ4v) is 5.33. The summed E-state index contributed by atoms with van der Waals surface area (Å²) in [6.45, 7) is 2.04. The Bertz CT molecular complexity index is 957. The van der Waals surface area contributed by atoms with E-state index in [0.29, 0.717) is 25.1 Å². The lowest BCUT2D eigenvalue weighted by Gasteiger charge is -2.34. The molecule has 2 amide bonds. The number of carbonyl (C=O) groups is 2. The van der Waals surface area contributed by atoms with Crippen LogP contribution in [0.5, 0.6) is 0 Å². The molecule has 7 heteroatoms. The molecule has 4 rings (SSSR count). The lowest BCUT2D eigenvalue weighted by Crippen LogP contribution is -2.44. The zero-order chi connectivity index (χ0) is 22.7. The Balaban J connectivity index is 1.55. The molecule has 0 saturated heterocycles. The van der Waals surface area contributed by atoms with Crippen LogP contribution in [0.25, 0.3) is 0 Å². The van der Waals surface area contributed by atoms with E-state index in [9.17, 15) is 14.7 Å². The number of carbonyl (C=O) groups excluding carboxylic acids is 2. The number of aromatic nitrogens is 1. The monoisotopic (exact) mass is 439 g/mol. The average molecular weight is 440 g/mol. The maximum absolute atomic E-state index is 13.3. The van der Waals surface area contributed by atoms with Gasteiger partial charge in [0.15, 0.2) is 5.69 Å². The van der Waals surface area contributed by atoms with E-state index in [1.54, 1.807) is 11.9 Å². The third-order valence-corrected chi connectivity index (χ3v) is 7.31. The molecule has 2 aliphatic rings. The zero-order valence-corrected chi connectivity index (χ0v) is 19.0. The number of aliphatic hydroxyl groups excluding tert-OH is 1. The van der Waals surface area contributed by atoms with Gasteiger partial charge in [-0.15, -0.1) is 0 Å². The molecule has 1 aromatic heterocycles. The molecule has 1 saturated carbocycles. The van der Waals surface area contributed by atoms with E-state index in [1.165, 1.54) is 6.92 Å². The molecule has 7 nitrogen and oxygen atoms in total. The first-order valence-corrected chi connectivity index (χ1v) is 11.6. The van der Waals surface area contributed by atoms with Crippen LogP contribution in [0.1, 0.15) is 72.8 Å². The Hall–Kier alpha value is -2.67. The summed E-state index contributed by atoms with van der Waals surface area (Å²) < 4.78 is 5.44. The minimum Gasteiger partial charge on any atom is -0.391 e. The number of nitrogens with one attached hydrogen (secondary N) is 1. The molecule has 1 fully saturated rings. The highest BCUT2D eigenvalue weighted by atomic mass is 16.5. The van der Waals surface area contributed by atoms with Crippen LogP contribution in [-0.2, 0) is 23.1 Å². The third-order valence-electron chi connectivity index (χ3n) is 7.31. The Kier molecular flexibility index (Phi) is 6.65. The summed E-state index contributed by atoms with van der Waals surface area (Å²) in [7, 11) is 1.75. The van der Waals surface area contributed by atoms with Gasteiger partial charge in [-0.2, -0.15) is 0 Å². The van der Waals surface area contributed by atoms with Gasteiger partial charge < -0.3 is 19.8 Å².